The highest BCUT2D eigenvalue weighted by Crippen LogP contribution is 2.22. The molecule has 1 N–H and O–H groups in total. The molecule has 0 aliphatic heterocycles. The molecule has 33 heavy (non-hydrogen) atoms. The van der Waals surface area contributed by atoms with E-state index in [0.717, 1.165) is 34.3 Å². The van der Waals surface area contributed by atoms with Crippen LogP contribution in [-0.2, 0) is 17.8 Å². The molecule has 2 aromatic heterocycles. The quantitative estimate of drug-likeness (QED) is 0.489. The van der Waals surface area contributed by atoms with Crippen molar-refractivity contribution >= 4 is 16.8 Å². The van der Waals surface area contributed by atoms with Gasteiger partial charge in [-0.3, -0.25) is 9.59 Å². The Morgan fingerprint density at radius 1 is 0.970 bits per heavy atom. The predicted octanol–water partition coefficient (Wildman–Crippen LogP) is 3.95. The number of carbonyl (C=O) groups excluding carboxylic acids is 1. The maximum Gasteiger partial charge on any atom is 0.295 e. The molecule has 1 atom stereocenters. The van der Waals surface area contributed by atoms with Crippen molar-refractivity contribution in [1.29, 1.82) is 0 Å². The Hall–Kier alpha value is -3.74. The van der Waals surface area contributed by atoms with Crippen molar-refractivity contribution in [2.45, 2.75) is 53.6 Å². The first-order chi connectivity index (χ1) is 15.8. The summed E-state index contributed by atoms with van der Waals surface area (Å²) < 4.78 is 2.99. The van der Waals surface area contributed by atoms with E-state index < -0.39 is 6.04 Å². The Morgan fingerprint density at radius 2 is 1.61 bits per heavy atom. The Morgan fingerprint density at radius 3 is 2.24 bits per heavy atom. The van der Waals surface area contributed by atoms with Crippen molar-refractivity contribution in [3.63, 3.8) is 0 Å². The molecule has 4 rings (SSSR count). The molecule has 0 fully saturated rings. The van der Waals surface area contributed by atoms with E-state index in [9.17, 15) is 9.59 Å². The first-order valence-electron chi connectivity index (χ1n) is 11.2. The van der Waals surface area contributed by atoms with Crippen molar-refractivity contribution in [3.05, 3.63) is 87.0 Å². The van der Waals surface area contributed by atoms with E-state index >= 15 is 0 Å². The van der Waals surface area contributed by atoms with Gasteiger partial charge in [-0.25, -0.2) is 9.36 Å². The first-order valence-corrected chi connectivity index (χ1v) is 11.2. The van der Waals surface area contributed by atoms with E-state index in [1.807, 2.05) is 57.2 Å². The number of nitrogens with zero attached hydrogens (tertiary/aromatic N) is 4. The van der Waals surface area contributed by atoms with E-state index in [1.165, 1.54) is 10.2 Å². The van der Waals surface area contributed by atoms with Gasteiger partial charge in [-0.1, -0.05) is 48.9 Å². The van der Waals surface area contributed by atoms with Gasteiger partial charge < -0.3 is 5.32 Å². The summed E-state index contributed by atoms with van der Waals surface area (Å²) in [6.45, 7) is 9.96. The zero-order chi connectivity index (χ0) is 23.7. The van der Waals surface area contributed by atoms with E-state index in [0.29, 0.717) is 17.8 Å². The first kappa shape index (κ1) is 22.5. The van der Waals surface area contributed by atoms with Crippen LogP contribution in [0.5, 0.6) is 0 Å². The van der Waals surface area contributed by atoms with Crippen LogP contribution in [0, 0.1) is 20.8 Å². The summed E-state index contributed by atoms with van der Waals surface area (Å²) in [5.74, 6) is -0.266. The molecule has 0 aliphatic carbocycles. The van der Waals surface area contributed by atoms with Gasteiger partial charge in [0.2, 0.25) is 5.91 Å². The molecule has 1 amide bonds. The van der Waals surface area contributed by atoms with Gasteiger partial charge in [0.05, 0.1) is 22.5 Å². The van der Waals surface area contributed by atoms with E-state index in [-0.39, 0.29) is 11.5 Å². The maximum absolute atomic E-state index is 13.3. The number of aryl methyl sites for hydroxylation is 4. The van der Waals surface area contributed by atoms with Crippen molar-refractivity contribution < 1.29 is 4.79 Å². The summed E-state index contributed by atoms with van der Waals surface area (Å²) in [5.41, 5.74) is 5.72. The largest absolute Gasteiger partial charge is 0.350 e. The predicted molar refractivity (Wildman–Crippen MR) is 130 cm³/mol. The standard InChI is InChI=1S/C26H29N5O2/c1-6-20-9-11-21(12-10-20)15-27-25(32)19(5)31-26(33)24-23(17(3)28-31)18(4)30(29-24)22-13-7-16(2)8-14-22/h7-14,19H,6,15H2,1-5H3,(H,27,32). The van der Waals surface area contributed by atoms with Gasteiger partial charge in [-0.15, -0.1) is 0 Å². The number of nitrogens with one attached hydrogen (secondary N) is 1. The summed E-state index contributed by atoms with van der Waals surface area (Å²) in [6.07, 6.45) is 0.971. The van der Waals surface area contributed by atoms with Crippen molar-refractivity contribution in [3.8, 4) is 5.69 Å². The third kappa shape index (κ3) is 4.31. The molecule has 170 valence electrons. The van der Waals surface area contributed by atoms with Gasteiger partial charge >= 0.3 is 0 Å². The van der Waals surface area contributed by atoms with Gasteiger partial charge in [0.1, 0.15) is 6.04 Å². The third-order valence-corrected chi connectivity index (χ3v) is 6.07. The molecule has 2 heterocycles. The van der Waals surface area contributed by atoms with Crippen LogP contribution in [0.1, 0.15) is 48.0 Å². The van der Waals surface area contributed by atoms with Gasteiger partial charge in [-0.05, 0) is 57.4 Å². The van der Waals surface area contributed by atoms with Crippen LogP contribution in [0.3, 0.4) is 0 Å². The van der Waals surface area contributed by atoms with E-state index in [1.54, 1.807) is 11.6 Å². The molecule has 7 heteroatoms. The number of amides is 1. The summed E-state index contributed by atoms with van der Waals surface area (Å²) in [5, 5.41) is 12.7. The highest BCUT2D eigenvalue weighted by molar-refractivity contribution is 5.84. The fraction of sp³-hybridized carbons (Fsp3) is 0.308. The molecule has 0 aliphatic rings. The average molecular weight is 444 g/mol. The highest BCUT2D eigenvalue weighted by Gasteiger charge is 2.23. The van der Waals surface area contributed by atoms with Gasteiger partial charge in [0, 0.05) is 6.54 Å². The number of rotatable bonds is 6. The summed E-state index contributed by atoms with van der Waals surface area (Å²) in [6, 6.07) is 15.3. The fourth-order valence-corrected chi connectivity index (χ4v) is 3.99. The number of benzene rings is 2. The molecular formula is C26H29N5O2. The molecule has 0 saturated heterocycles. The second-order valence-electron chi connectivity index (χ2n) is 8.46. The summed E-state index contributed by atoms with van der Waals surface area (Å²) >= 11 is 0. The molecule has 0 saturated carbocycles. The lowest BCUT2D eigenvalue weighted by Crippen LogP contribution is -2.37. The average Bonchev–Trinajstić information content (AvgIpc) is 3.18. The molecular weight excluding hydrogens is 414 g/mol. The number of aromatic nitrogens is 4. The number of hydrogen-bond donors (Lipinski definition) is 1. The van der Waals surface area contributed by atoms with Gasteiger partial charge in [0.25, 0.3) is 5.56 Å². The second-order valence-corrected chi connectivity index (χ2v) is 8.46. The lowest BCUT2D eigenvalue weighted by atomic mass is 10.1. The number of hydrogen-bond acceptors (Lipinski definition) is 4. The second kappa shape index (κ2) is 9.02. The zero-order valence-electron chi connectivity index (χ0n) is 19.7. The topological polar surface area (TPSA) is 81.8 Å². The highest BCUT2D eigenvalue weighted by atomic mass is 16.2. The number of carbonyl (C=O) groups is 1. The van der Waals surface area contributed by atoms with Crippen LogP contribution in [-0.4, -0.2) is 25.5 Å². The summed E-state index contributed by atoms with van der Waals surface area (Å²) in [7, 11) is 0. The summed E-state index contributed by atoms with van der Waals surface area (Å²) in [4.78, 5) is 26.1. The molecule has 0 bridgehead atoms. The van der Waals surface area contributed by atoms with Crippen LogP contribution >= 0.6 is 0 Å². The fourth-order valence-electron chi connectivity index (χ4n) is 3.99. The smallest absolute Gasteiger partial charge is 0.295 e. The van der Waals surface area contributed by atoms with Crippen molar-refractivity contribution in [2.24, 2.45) is 0 Å². The molecule has 0 spiro atoms. The molecule has 4 aromatic rings. The minimum absolute atomic E-state index is 0.266. The molecule has 7 nitrogen and oxygen atoms in total. The Bertz CT molecular complexity index is 1370. The SMILES string of the molecule is CCc1ccc(CNC(=O)C(C)n2nc(C)c3c(C)n(-c4ccc(C)cc4)nc3c2=O)cc1. The van der Waals surface area contributed by atoms with Crippen molar-refractivity contribution in [1.82, 2.24) is 24.9 Å². The monoisotopic (exact) mass is 443 g/mol. The van der Waals surface area contributed by atoms with Gasteiger partial charge in [0.15, 0.2) is 5.52 Å². The zero-order valence-corrected chi connectivity index (χ0v) is 19.7. The Balaban J connectivity index is 1.63. The Labute approximate surface area is 193 Å². The minimum Gasteiger partial charge on any atom is -0.350 e. The lowest BCUT2D eigenvalue weighted by Gasteiger charge is -2.15. The van der Waals surface area contributed by atoms with Crippen LogP contribution in [0.4, 0.5) is 0 Å². The van der Waals surface area contributed by atoms with Crippen LogP contribution in [0.25, 0.3) is 16.6 Å². The van der Waals surface area contributed by atoms with Crippen LogP contribution in [0.15, 0.2) is 53.3 Å². The van der Waals surface area contributed by atoms with Crippen LogP contribution < -0.4 is 10.9 Å². The maximum atomic E-state index is 13.3. The molecule has 2 aromatic carbocycles. The lowest BCUT2D eigenvalue weighted by molar-refractivity contribution is -0.124. The number of fused-ring (bicyclic) bond motifs is 1. The molecule has 0 radical (unpaired) electrons. The minimum atomic E-state index is -0.764. The third-order valence-electron chi connectivity index (χ3n) is 6.07. The van der Waals surface area contributed by atoms with E-state index in [2.05, 4.69) is 34.6 Å². The van der Waals surface area contributed by atoms with Crippen LogP contribution in [0.2, 0.25) is 0 Å². The normalized spacial score (nSPS) is 12.2. The van der Waals surface area contributed by atoms with Crippen molar-refractivity contribution in [2.75, 3.05) is 0 Å². The molecule has 1 unspecified atom stereocenters. The Kier molecular flexibility index (Phi) is 6.14. The van der Waals surface area contributed by atoms with Gasteiger partial charge in [-0.2, -0.15) is 10.2 Å². The van der Waals surface area contributed by atoms with E-state index in [4.69, 9.17) is 0 Å².